The summed E-state index contributed by atoms with van der Waals surface area (Å²) in [4.78, 5) is 27.4. The summed E-state index contributed by atoms with van der Waals surface area (Å²) in [6.07, 6.45) is 3.24. The van der Waals surface area contributed by atoms with Gasteiger partial charge in [-0.1, -0.05) is 12.1 Å². The van der Waals surface area contributed by atoms with Crippen LogP contribution in [0, 0.1) is 0 Å². The highest BCUT2D eigenvalue weighted by Crippen LogP contribution is 2.21. The Morgan fingerprint density at radius 1 is 1.04 bits per heavy atom. The Morgan fingerprint density at radius 2 is 1.78 bits per heavy atom. The molecule has 0 spiro atoms. The zero-order valence-corrected chi connectivity index (χ0v) is 12.6. The number of hydrogen-bond donors (Lipinski definition) is 1. The molecular weight excluding hydrogens is 296 g/mol. The molecule has 6 nitrogen and oxygen atoms in total. The zero-order valence-electron chi connectivity index (χ0n) is 12.6. The maximum atomic E-state index is 12.6. The van der Waals surface area contributed by atoms with Gasteiger partial charge in [-0.3, -0.25) is 9.59 Å². The Bertz CT molecular complexity index is 688. The monoisotopic (exact) mass is 314 g/mol. The van der Waals surface area contributed by atoms with Crippen molar-refractivity contribution in [1.29, 1.82) is 0 Å². The molecule has 23 heavy (non-hydrogen) atoms. The maximum absolute atomic E-state index is 12.6. The molecule has 1 aromatic carbocycles. The van der Waals surface area contributed by atoms with Gasteiger partial charge in [-0.05, 0) is 23.8 Å². The number of aliphatic hydroxyl groups excluding tert-OH is 1. The van der Waals surface area contributed by atoms with Gasteiger partial charge in [0.25, 0.3) is 5.91 Å². The smallest absolute Gasteiger partial charge is 0.253 e. The summed E-state index contributed by atoms with van der Waals surface area (Å²) in [5, 5.41) is 8.88. The number of aliphatic hydroxyl groups is 1. The summed E-state index contributed by atoms with van der Waals surface area (Å²) in [5.74, 6) is -0.342. The van der Waals surface area contributed by atoms with E-state index in [1.165, 1.54) is 0 Å². The van der Waals surface area contributed by atoms with Crippen molar-refractivity contribution in [2.75, 3.05) is 32.8 Å². The highest BCUT2D eigenvalue weighted by molar-refractivity contribution is 5.95. The molecule has 1 aromatic heterocycles. The van der Waals surface area contributed by atoms with Crippen LogP contribution < -0.4 is 0 Å². The quantitative estimate of drug-likeness (QED) is 0.924. The molecule has 2 aromatic rings. The van der Waals surface area contributed by atoms with Crippen molar-refractivity contribution >= 4 is 11.8 Å². The molecule has 120 valence electrons. The maximum Gasteiger partial charge on any atom is 0.253 e. The van der Waals surface area contributed by atoms with Crippen LogP contribution in [0.3, 0.4) is 0 Å². The van der Waals surface area contributed by atoms with Crippen molar-refractivity contribution < 1.29 is 19.1 Å². The lowest BCUT2D eigenvalue weighted by atomic mass is 10.0. The molecule has 0 saturated carbocycles. The van der Waals surface area contributed by atoms with Gasteiger partial charge >= 0.3 is 0 Å². The lowest BCUT2D eigenvalue weighted by Crippen LogP contribution is -2.51. The largest absolute Gasteiger partial charge is 0.472 e. The van der Waals surface area contributed by atoms with Crippen LogP contribution in [-0.4, -0.2) is 59.5 Å². The average molecular weight is 314 g/mol. The third-order valence-electron chi connectivity index (χ3n) is 4.02. The van der Waals surface area contributed by atoms with Crippen LogP contribution in [0.15, 0.2) is 47.3 Å². The van der Waals surface area contributed by atoms with E-state index in [4.69, 9.17) is 9.52 Å². The molecule has 0 bridgehead atoms. The first-order valence-corrected chi connectivity index (χ1v) is 7.49. The minimum Gasteiger partial charge on any atom is -0.472 e. The SMILES string of the molecule is O=C(CO)N1CCN(C(=O)c2cccc(-c3ccoc3)c2)CC1. The van der Waals surface area contributed by atoms with Gasteiger partial charge in [0, 0.05) is 37.3 Å². The van der Waals surface area contributed by atoms with E-state index in [1.807, 2.05) is 24.3 Å². The molecule has 3 rings (SSSR count). The number of benzene rings is 1. The van der Waals surface area contributed by atoms with E-state index in [0.717, 1.165) is 11.1 Å². The van der Waals surface area contributed by atoms with E-state index in [0.29, 0.717) is 31.7 Å². The van der Waals surface area contributed by atoms with Gasteiger partial charge in [0.15, 0.2) is 0 Å². The minimum atomic E-state index is -0.485. The molecule has 0 radical (unpaired) electrons. The third kappa shape index (κ3) is 3.27. The fourth-order valence-corrected chi connectivity index (χ4v) is 2.70. The second kappa shape index (κ2) is 6.66. The predicted octanol–water partition coefficient (Wildman–Crippen LogP) is 1.22. The molecule has 0 atom stereocenters. The molecule has 2 amide bonds. The Kier molecular flexibility index (Phi) is 4.43. The van der Waals surface area contributed by atoms with E-state index < -0.39 is 6.61 Å². The fourth-order valence-electron chi connectivity index (χ4n) is 2.70. The van der Waals surface area contributed by atoms with Crippen LogP contribution in [0.1, 0.15) is 10.4 Å². The van der Waals surface area contributed by atoms with Crippen LogP contribution in [-0.2, 0) is 4.79 Å². The van der Waals surface area contributed by atoms with Crippen molar-refractivity contribution in [1.82, 2.24) is 9.80 Å². The molecule has 1 aliphatic rings. The first-order chi connectivity index (χ1) is 11.2. The molecule has 1 N–H and O–H groups in total. The summed E-state index contributed by atoms with van der Waals surface area (Å²) < 4.78 is 5.08. The number of carbonyl (C=O) groups is 2. The standard InChI is InChI=1S/C17H18N2O4/c20-11-16(21)18-5-7-19(8-6-18)17(22)14-3-1-2-13(10-14)15-4-9-23-12-15/h1-4,9-10,12,20H,5-8,11H2. The van der Waals surface area contributed by atoms with Gasteiger partial charge in [0.1, 0.15) is 6.61 Å². The van der Waals surface area contributed by atoms with Crippen molar-refractivity contribution in [2.24, 2.45) is 0 Å². The highest BCUT2D eigenvalue weighted by atomic mass is 16.3. The van der Waals surface area contributed by atoms with Crippen molar-refractivity contribution in [2.45, 2.75) is 0 Å². The molecule has 2 heterocycles. The summed E-state index contributed by atoms with van der Waals surface area (Å²) in [7, 11) is 0. The van der Waals surface area contributed by atoms with Gasteiger partial charge < -0.3 is 19.3 Å². The van der Waals surface area contributed by atoms with Gasteiger partial charge in [-0.15, -0.1) is 0 Å². The number of furan rings is 1. The lowest BCUT2D eigenvalue weighted by Gasteiger charge is -2.34. The molecule has 1 fully saturated rings. The number of rotatable bonds is 3. The molecular formula is C17H18N2O4. The van der Waals surface area contributed by atoms with E-state index in [9.17, 15) is 9.59 Å². The number of hydrogen-bond acceptors (Lipinski definition) is 4. The predicted molar refractivity (Wildman–Crippen MR) is 83.7 cm³/mol. The van der Waals surface area contributed by atoms with E-state index in [2.05, 4.69) is 0 Å². The highest BCUT2D eigenvalue weighted by Gasteiger charge is 2.24. The zero-order chi connectivity index (χ0) is 16.2. The van der Waals surface area contributed by atoms with Crippen LogP contribution in [0.2, 0.25) is 0 Å². The number of amides is 2. The Morgan fingerprint density at radius 3 is 2.43 bits per heavy atom. The summed E-state index contributed by atoms with van der Waals surface area (Å²) in [6, 6.07) is 9.26. The summed E-state index contributed by atoms with van der Waals surface area (Å²) in [5.41, 5.74) is 2.47. The van der Waals surface area contributed by atoms with Crippen LogP contribution >= 0.6 is 0 Å². The van der Waals surface area contributed by atoms with Crippen molar-refractivity contribution in [3.05, 3.63) is 48.4 Å². The van der Waals surface area contributed by atoms with Crippen LogP contribution in [0.4, 0.5) is 0 Å². The average Bonchev–Trinajstić information content (AvgIpc) is 3.15. The Hall–Kier alpha value is -2.60. The van der Waals surface area contributed by atoms with Gasteiger partial charge in [-0.2, -0.15) is 0 Å². The van der Waals surface area contributed by atoms with E-state index >= 15 is 0 Å². The van der Waals surface area contributed by atoms with E-state index in [1.54, 1.807) is 28.4 Å². The van der Waals surface area contributed by atoms with Crippen molar-refractivity contribution in [3.63, 3.8) is 0 Å². The van der Waals surface area contributed by atoms with Crippen LogP contribution in [0.5, 0.6) is 0 Å². The topological polar surface area (TPSA) is 74.0 Å². The Balaban J connectivity index is 1.70. The van der Waals surface area contributed by atoms with Gasteiger partial charge in [0.2, 0.25) is 5.91 Å². The summed E-state index contributed by atoms with van der Waals surface area (Å²) in [6.45, 7) is 1.36. The molecule has 1 aliphatic heterocycles. The second-order valence-corrected chi connectivity index (χ2v) is 5.42. The van der Waals surface area contributed by atoms with Crippen molar-refractivity contribution in [3.8, 4) is 11.1 Å². The molecule has 6 heteroatoms. The Labute approximate surface area is 133 Å². The molecule has 1 saturated heterocycles. The number of nitrogens with zero attached hydrogens (tertiary/aromatic N) is 2. The summed E-state index contributed by atoms with van der Waals surface area (Å²) >= 11 is 0. The first kappa shape index (κ1) is 15.3. The minimum absolute atomic E-state index is 0.0496. The normalized spacial score (nSPS) is 14.8. The third-order valence-corrected chi connectivity index (χ3v) is 4.02. The molecule has 0 unspecified atom stereocenters. The first-order valence-electron chi connectivity index (χ1n) is 7.49. The number of carbonyl (C=O) groups excluding carboxylic acids is 2. The second-order valence-electron chi connectivity index (χ2n) is 5.42. The van der Waals surface area contributed by atoms with E-state index in [-0.39, 0.29) is 11.8 Å². The van der Waals surface area contributed by atoms with Gasteiger partial charge in [0.05, 0.1) is 12.5 Å². The fraction of sp³-hybridized carbons (Fsp3) is 0.294. The number of piperazine rings is 1. The molecule has 0 aliphatic carbocycles. The lowest BCUT2D eigenvalue weighted by molar-refractivity contribution is -0.135. The van der Waals surface area contributed by atoms with Crippen LogP contribution in [0.25, 0.3) is 11.1 Å². The van der Waals surface area contributed by atoms with Gasteiger partial charge in [-0.25, -0.2) is 0 Å².